The zero-order valence-electron chi connectivity index (χ0n) is 57.4. The van der Waals surface area contributed by atoms with Crippen LogP contribution in [0.25, 0.3) is 0 Å². The molecule has 502 valence electrons. The third-order valence-electron chi connectivity index (χ3n) is 15.8. The Balaban J connectivity index is 4.08. The van der Waals surface area contributed by atoms with E-state index in [4.69, 9.17) is 18.9 Å². The standard InChI is InChI=1S/C78H137NO8/c1-6-8-10-12-14-16-18-20-22-24-26-28-30-32-34-36-37-38-39-41-43-45-47-49-51-53-55-57-59-61-63-65-67-69-76(81)87-74(73-86-78(77(82)83)84-71-70-79(3,4)5)72-85-75(80)68-66-64-62-60-58-56-54-52-50-48-46-44-42-40-35-33-31-29-27-25-23-21-19-17-15-13-11-9-7-2/h8,10,14,16,19-22,25-28,31-34,74,78H,6-7,9,11-13,15,17-18,23-24,29-30,35-73H2,1-5H3/p+1/b10-8-,16-14-,21-19-,22-20-,27-25-,28-26-,33-31-,34-32-. The Hall–Kier alpha value is -3.79. The Kier molecular flexibility index (Phi) is 65.2. The summed E-state index contributed by atoms with van der Waals surface area (Å²) in [4.78, 5) is 37.7. The molecule has 9 nitrogen and oxygen atoms in total. The predicted octanol–water partition coefficient (Wildman–Crippen LogP) is 22.8. The van der Waals surface area contributed by atoms with Crippen LogP contribution in [0.1, 0.15) is 322 Å². The van der Waals surface area contributed by atoms with Crippen molar-refractivity contribution < 1.29 is 42.9 Å². The molecule has 9 heteroatoms. The molecule has 0 aromatic heterocycles. The number of quaternary nitrogens is 1. The molecule has 0 radical (unpaired) electrons. The first-order valence-corrected chi connectivity index (χ1v) is 36.4. The van der Waals surface area contributed by atoms with Gasteiger partial charge in [0.15, 0.2) is 6.10 Å². The molecule has 0 fully saturated rings. The summed E-state index contributed by atoms with van der Waals surface area (Å²) in [6.07, 6.45) is 90.9. The van der Waals surface area contributed by atoms with E-state index >= 15 is 0 Å². The number of carbonyl (C=O) groups is 3. The summed E-state index contributed by atoms with van der Waals surface area (Å²) in [5, 5.41) is 9.76. The van der Waals surface area contributed by atoms with Gasteiger partial charge in [-0.3, -0.25) is 9.59 Å². The normalized spacial score (nSPS) is 13.3. The second kappa shape index (κ2) is 68.1. The minimum Gasteiger partial charge on any atom is -0.477 e. The molecule has 0 saturated carbocycles. The van der Waals surface area contributed by atoms with Crippen LogP contribution in [0, 0.1) is 0 Å². The summed E-state index contributed by atoms with van der Waals surface area (Å²) in [5.41, 5.74) is 0. The molecule has 0 rings (SSSR count). The van der Waals surface area contributed by atoms with E-state index in [-0.39, 0.29) is 32.2 Å². The Labute approximate surface area is 537 Å². The van der Waals surface area contributed by atoms with Gasteiger partial charge in [-0.15, -0.1) is 0 Å². The molecule has 0 aromatic rings. The maximum absolute atomic E-state index is 13.0. The molecule has 0 spiro atoms. The topological polar surface area (TPSA) is 108 Å². The van der Waals surface area contributed by atoms with Crippen molar-refractivity contribution in [3.8, 4) is 0 Å². The van der Waals surface area contributed by atoms with Crippen LogP contribution < -0.4 is 0 Å². The highest BCUT2D eigenvalue weighted by Crippen LogP contribution is 2.18. The van der Waals surface area contributed by atoms with Gasteiger partial charge in [-0.25, -0.2) is 4.79 Å². The molecule has 0 aliphatic carbocycles. The van der Waals surface area contributed by atoms with E-state index < -0.39 is 24.3 Å². The first-order valence-electron chi connectivity index (χ1n) is 36.4. The first-order chi connectivity index (χ1) is 42.6. The highest BCUT2D eigenvalue weighted by atomic mass is 16.7. The number of aliphatic carboxylic acids is 1. The number of ether oxygens (including phenoxy) is 4. The number of allylic oxidation sites excluding steroid dienone is 16. The van der Waals surface area contributed by atoms with E-state index in [0.717, 1.165) is 83.5 Å². The third-order valence-corrected chi connectivity index (χ3v) is 15.8. The minimum atomic E-state index is -1.51. The van der Waals surface area contributed by atoms with Gasteiger partial charge < -0.3 is 28.5 Å². The van der Waals surface area contributed by atoms with Crippen molar-refractivity contribution in [3.63, 3.8) is 0 Å². The van der Waals surface area contributed by atoms with Crippen LogP contribution in [-0.2, 0) is 33.3 Å². The quantitative estimate of drug-likeness (QED) is 0.0211. The number of carboxylic acids is 1. The van der Waals surface area contributed by atoms with Crippen LogP contribution in [0.3, 0.4) is 0 Å². The summed E-state index contributed by atoms with van der Waals surface area (Å²) in [5.74, 6) is -1.99. The summed E-state index contributed by atoms with van der Waals surface area (Å²) in [6, 6.07) is 0. The van der Waals surface area contributed by atoms with Crippen molar-refractivity contribution in [1.29, 1.82) is 0 Å². The number of carbonyl (C=O) groups excluding carboxylic acids is 2. The highest BCUT2D eigenvalue weighted by molar-refractivity contribution is 5.71. The van der Waals surface area contributed by atoms with Gasteiger partial charge in [0.1, 0.15) is 13.2 Å². The van der Waals surface area contributed by atoms with E-state index in [1.165, 1.54) is 212 Å². The van der Waals surface area contributed by atoms with Crippen LogP contribution >= 0.6 is 0 Å². The molecule has 87 heavy (non-hydrogen) atoms. The monoisotopic (exact) mass is 1220 g/mol. The minimum absolute atomic E-state index is 0.183. The molecule has 2 atom stereocenters. The molecular formula is C78H138NO8+. The summed E-state index contributed by atoms with van der Waals surface area (Å²) in [7, 11) is 5.98. The van der Waals surface area contributed by atoms with Gasteiger partial charge in [0.05, 0.1) is 34.4 Å². The van der Waals surface area contributed by atoms with Gasteiger partial charge >= 0.3 is 17.9 Å². The van der Waals surface area contributed by atoms with Gasteiger partial charge in [-0.1, -0.05) is 310 Å². The summed E-state index contributed by atoms with van der Waals surface area (Å²) in [6.45, 7) is 4.79. The molecule has 0 aliphatic heterocycles. The van der Waals surface area contributed by atoms with Crippen LogP contribution in [0.15, 0.2) is 97.2 Å². The number of likely N-dealkylation sites (N-methyl/N-ethyl adjacent to an activating group) is 1. The lowest BCUT2D eigenvalue weighted by molar-refractivity contribution is -0.870. The lowest BCUT2D eigenvalue weighted by atomic mass is 10.0. The number of rotatable bonds is 67. The maximum atomic E-state index is 13.0. The van der Waals surface area contributed by atoms with Crippen molar-refractivity contribution in [1.82, 2.24) is 0 Å². The Morgan fingerprint density at radius 3 is 0.977 bits per heavy atom. The average Bonchev–Trinajstić information content (AvgIpc) is 3.59. The molecule has 0 amide bonds. The lowest BCUT2D eigenvalue weighted by Gasteiger charge is -2.25. The van der Waals surface area contributed by atoms with Crippen molar-refractivity contribution in [2.24, 2.45) is 0 Å². The number of nitrogens with zero attached hydrogens (tertiary/aromatic N) is 1. The molecule has 2 unspecified atom stereocenters. The van der Waals surface area contributed by atoms with Crippen LogP contribution in [0.4, 0.5) is 0 Å². The van der Waals surface area contributed by atoms with E-state index in [2.05, 4.69) is 111 Å². The van der Waals surface area contributed by atoms with Gasteiger partial charge in [0, 0.05) is 12.8 Å². The fraction of sp³-hybridized carbons (Fsp3) is 0.756. The Morgan fingerprint density at radius 2 is 0.655 bits per heavy atom. The Bertz CT molecular complexity index is 1750. The van der Waals surface area contributed by atoms with Gasteiger partial charge in [0.25, 0.3) is 6.29 Å². The van der Waals surface area contributed by atoms with Crippen molar-refractivity contribution in [3.05, 3.63) is 97.2 Å². The van der Waals surface area contributed by atoms with E-state index in [1.807, 2.05) is 21.1 Å². The average molecular weight is 1220 g/mol. The SMILES string of the molecule is CC/C=C\C/C=C\C/C=C\C/C=C\C/C=C\CCCCCCCCCCCCCCCCCCCC(=O)OC(COC(=O)CCCCCCCCCCCCCCCC/C=C\C/C=C\C/C=C\CCCCCCC)COC(OCC[N+](C)(C)C)C(=O)O. The number of esters is 2. The third kappa shape index (κ3) is 69.5. The number of hydrogen-bond acceptors (Lipinski definition) is 7. The van der Waals surface area contributed by atoms with E-state index in [0.29, 0.717) is 17.4 Å². The fourth-order valence-corrected chi connectivity index (χ4v) is 10.3. The summed E-state index contributed by atoms with van der Waals surface area (Å²) >= 11 is 0. The van der Waals surface area contributed by atoms with Gasteiger partial charge in [0.2, 0.25) is 0 Å². The van der Waals surface area contributed by atoms with E-state index in [1.54, 1.807) is 0 Å². The lowest BCUT2D eigenvalue weighted by Crippen LogP contribution is -2.40. The van der Waals surface area contributed by atoms with Crippen molar-refractivity contribution in [2.45, 2.75) is 334 Å². The molecule has 0 bridgehead atoms. The number of hydrogen-bond donors (Lipinski definition) is 1. The van der Waals surface area contributed by atoms with Gasteiger partial charge in [-0.2, -0.15) is 0 Å². The number of carboxylic acid groups (broad SMARTS) is 1. The molecule has 1 N–H and O–H groups in total. The van der Waals surface area contributed by atoms with Crippen LogP contribution in [-0.4, -0.2) is 87.4 Å². The smallest absolute Gasteiger partial charge is 0.361 e. The molecule has 0 aliphatic rings. The largest absolute Gasteiger partial charge is 0.477 e. The number of unbranched alkanes of at least 4 members (excludes halogenated alkanes) is 36. The predicted molar refractivity (Wildman–Crippen MR) is 373 cm³/mol. The second-order valence-corrected chi connectivity index (χ2v) is 25.5. The first kappa shape index (κ1) is 83.2. The second-order valence-electron chi connectivity index (χ2n) is 25.5. The molecule has 0 saturated heterocycles. The molecular weight excluding hydrogens is 1080 g/mol. The highest BCUT2D eigenvalue weighted by Gasteiger charge is 2.25. The molecule has 0 aromatic carbocycles. The van der Waals surface area contributed by atoms with E-state index in [9.17, 15) is 19.5 Å². The van der Waals surface area contributed by atoms with Crippen molar-refractivity contribution in [2.75, 3.05) is 47.5 Å². The summed E-state index contributed by atoms with van der Waals surface area (Å²) < 4.78 is 23.0. The van der Waals surface area contributed by atoms with Crippen LogP contribution in [0.5, 0.6) is 0 Å². The Morgan fingerprint density at radius 1 is 0.356 bits per heavy atom. The zero-order chi connectivity index (χ0) is 63.3. The maximum Gasteiger partial charge on any atom is 0.361 e. The van der Waals surface area contributed by atoms with Crippen molar-refractivity contribution >= 4 is 17.9 Å². The van der Waals surface area contributed by atoms with Crippen LogP contribution in [0.2, 0.25) is 0 Å². The zero-order valence-corrected chi connectivity index (χ0v) is 57.4. The molecule has 0 heterocycles. The van der Waals surface area contributed by atoms with Gasteiger partial charge in [-0.05, 0) is 96.3 Å². The fourth-order valence-electron chi connectivity index (χ4n) is 10.3.